The van der Waals surface area contributed by atoms with Crippen molar-refractivity contribution in [1.82, 2.24) is 0 Å². The molecular formula is C69H63Cl3FN7O4S. The van der Waals surface area contributed by atoms with Gasteiger partial charge in [0, 0.05) is 47.0 Å². The second-order valence-electron chi connectivity index (χ2n) is 20.1. The first kappa shape index (κ1) is 63.2. The zero-order valence-electron chi connectivity index (χ0n) is 47.0. The molecule has 0 fully saturated rings. The Hall–Kier alpha value is -9.39. The number of aryl methyl sites for hydroxylation is 6. The number of nitrogens with two attached hydrogens (primary N) is 1. The third-order valence-electron chi connectivity index (χ3n) is 13.9. The lowest BCUT2D eigenvalue weighted by molar-refractivity contribution is 0.101. The molecule has 3 unspecified atom stereocenters. The van der Waals surface area contributed by atoms with Crippen molar-refractivity contribution in [2.75, 3.05) is 21.7 Å². The van der Waals surface area contributed by atoms with Crippen molar-refractivity contribution in [2.24, 2.45) is 0 Å². The van der Waals surface area contributed by atoms with E-state index in [1.807, 2.05) is 126 Å². The number of nitrogen functional groups attached to an aromatic ring is 1. The van der Waals surface area contributed by atoms with Crippen molar-refractivity contribution < 1.29 is 28.2 Å². The molecule has 3 amide bonds. The third-order valence-corrected chi connectivity index (χ3v) is 15.3. The maximum atomic E-state index is 13.5. The number of para-hydroxylation sites is 2. The maximum absolute atomic E-state index is 13.5. The van der Waals surface area contributed by atoms with Crippen LogP contribution in [0.5, 0.6) is 5.75 Å². The molecule has 432 valence electrons. The molecule has 3 atom stereocenters. The molecule has 0 heterocycles. The van der Waals surface area contributed by atoms with E-state index >= 15 is 0 Å². The van der Waals surface area contributed by atoms with Gasteiger partial charge in [0.05, 0.1) is 52.7 Å². The number of carbonyl (C=O) groups is 3. The van der Waals surface area contributed by atoms with Crippen LogP contribution in [0.4, 0.5) is 27.1 Å². The number of phenols is 1. The van der Waals surface area contributed by atoms with E-state index in [4.69, 9.17) is 40.5 Å². The highest BCUT2D eigenvalue weighted by atomic mass is 35.5. The monoisotopic (exact) mass is 1210 g/mol. The van der Waals surface area contributed by atoms with Crippen molar-refractivity contribution >= 4 is 87.9 Å². The largest absolute Gasteiger partial charge is 0.504 e. The summed E-state index contributed by atoms with van der Waals surface area (Å²) >= 11 is 23.7. The van der Waals surface area contributed by atoms with E-state index in [0.29, 0.717) is 70.5 Å². The fourth-order valence-corrected chi connectivity index (χ4v) is 10.1. The first-order chi connectivity index (χ1) is 40.6. The fraction of sp³-hybridized carbons (Fsp3) is 0.130. The smallest absolute Gasteiger partial charge is 0.259 e. The van der Waals surface area contributed by atoms with Crippen LogP contribution >= 0.6 is 47.4 Å². The zero-order chi connectivity index (χ0) is 61.6. The van der Waals surface area contributed by atoms with Gasteiger partial charge in [-0.05, 0) is 146 Å². The van der Waals surface area contributed by atoms with Crippen LogP contribution in [0, 0.1) is 81.4 Å². The zero-order valence-corrected chi connectivity index (χ0v) is 50.2. The second-order valence-corrected chi connectivity index (χ2v) is 21.8. The number of hydrogen-bond acceptors (Lipinski definition) is 9. The SMILES string of the molecule is Cc1ccc(C(C#N)c2cc(C)c(NC(=O)c3cccc(F)c3O)cc2Cl)cc1.Cc1ccc(C(C#N)c2cc(C)c(NC(=O)c3ccccc3N)cc2Cl)cc1.Cc1ccc(C(C#N)c2cc(C)c(NC(=O)c3ccccc3S)cc2Cl)cc1.[HH].[HH].[HH]. The van der Waals surface area contributed by atoms with Crippen LogP contribution in [-0.2, 0) is 0 Å². The Morgan fingerprint density at radius 2 is 0.800 bits per heavy atom. The molecule has 85 heavy (non-hydrogen) atoms. The Balaban J connectivity index is 0.000000278. The lowest BCUT2D eigenvalue weighted by Gasteiger charge is -2.16. The minimum absolute atomic E-state index is 0. The Kier molecular flexibility index (Phi) is 21.4. The predicted octanol–water partition coefficient (Wildman–Crippen LogP) is 18.0. The number of nitrogens with one attached hydrogen (secondary N) is 3. The Morgan fingerprint density at radius 3 is 1.15 bits per heavy atom. The summed E-state index contributed by atoms with van der Waals surface area (Å²) < 4.78 is 13.5. The van der Waals surface area contributed by atoms with Gasteiger partial charge >= 0.3 is 0 Å². The molecule has 0 aliphatic rings. The van der Waals surface area contributed by atoms with Gasteiger partial charge in [-0.2, -0.15) is 15.8 Å². The Bertz CT molecular complexity index is 3950. The van der Waals surface area contributed by atoms with Gasteiger partial charge < -0.3 is 26.8 Å². The summed E-state index contributed by atoms with van der Waals surface area (Å²) in [4.78, 5) is 38.2. The predicted molar refractivity (Wildman–Crippen MR) is 347 cm³/mol. The van der Waals surface area contributed by atoms with Gasteiger partial charge in [-0.1, -0.05) is 173 Å². The number of phenolic OH excluding ortho intramolecular Hbond substituents is 1. The number of benzene rings is 9. The lowest BCUT2D eigenvalue weighted by Crippen LogP contribution is -2.15. The van der Waals surface area contributed by atoms with Gasteiger partial charge in [-0.3, -0.25) is 14.4 Å². The molecular weight excluding hydrogens is 1150 g/mol. The number of aromatic hydroxyl groups is 1. The van der Waals surface area contributed by atoms with Crippen LogP contribution in [0.1, 0.15) is 120 Å². The number of nitrogens with zero attached hydrogens (tertiary/aromatic N) is 3. The summed E-state index contributed by atoms with van der Waals surface area (Å²) in [5.41, 5.74) is 18.9. The molecule has 0 aliphatic heterocycles. The van der Waals surface area contributed by atoms with Gasteiger partial charge in [0.1, 0.15) is 0 Å². The van der Waals surface area contributed by atoms with Crippen LogP contribution in [-0.4, -0.2) is 22.8 Å². The standard InChI is InChI=1S/C23H18ClFN2O2.C23H20ClN3O.C23H19ClN2OS.3H2/c1-13-6-8-15(9-7-13)18(12-26)17-10-14(2)21(11-19(17)24)27-23(29)16-4-3-5-20(25)22(16)28;1-14-7-9-16(10-8-14)19(13-25)18-11-15(2)22(12-20(18)24)27-23(28)17-5-3-4-6-21(17)26;1-14-7-9-16(10-8-14)19(13-25)18-11-15(2)21(12-20(18)24)26-23(27)17-5-3-4-6-22(17)28;;;/h3-11,18,28H,1-2H3,(H,27,29);3-12,19H,26H2,1-2H3,(H,27,28);3-12,19,28H,1-2H3,(H,26,27);3*1H. The number of rotatable bonds is 12. The number of nitriles is 3. The minimum Gasteiger partial charge on any atom is -0.504 e. The molecule has 11 nitrogen and oxygen atoms in total. The van der Waals surface area contributed by atoms with Crippen molar-refractivity contribution in [2.45, 2.75) is 64.2 Å². The molecule has 0 saturated heterocycles. The van der Waals surface area contributed by atoms with E-state index in [9.17, 15) is 39.7 Å². The molecule has 9 rings (SSSR count). The minimum atomic E-state index is -0.877. The molecule has 9 aromatic carbocycles. The number of thiol groups is 1. The molecule has 0 bridgehead atoms. The van der Waals surface area contributed by atoms with Crippen molar-refractivity contribution in [3.63, 3.8) is 0 Å². The summed E-state index contributed by atoms with van der Waals surface area (Å²) in [6.45, 7) is 11.5. The maximum Gasteiger partial charge on any atom is 0.259 e. The second kappa shape index (κ2) is 28.7. The van der Waals surface area contributed by atoms with Crippen LogP contribution in [0.15, 0.2) is 181 Å². The van der Waals surface area contributed by atoms with Crippen LogP contribution in [0.25, 0.3) is 0 Å². The molecule has 0 radical (unpaired) electrons. The summed E-state index contributed by atoms with van der Waals surface area (Å²) in [6.07, 6.45) is 0. The molecule has 9 aromatic rings. The Morgan fingerprint density at radius 1 is 0.482 bits per heavy atom. The first-order valence-electron chi connectivity index (χ1n) is 26.5. The van der Waals surface area contributed by atoms with Gasteiger partial charge in [0.15, 0.2) is 11.6 Å². The van der Waals surface area contributed by atoms with Gasteiger partial charge in [-0.25, -0.2) is 4.39 Å². The number of carbonyl (C=O) groups excluding carboxylic acids is 3. The van der Waals surface area contributed by atoms with E-state index in [1.165, 1.54) is 12.1 Å². The normalized spacial score (nSPS) is 11.5. The number of hydrogen-bond donors (Lipinski definition) is 6. The number of halogens is 4. The lowest BCUT2D eigenvalue weighted by atomic mass is 9.90. The van der Waals surface area contributed by atoms with E-state index in [-0.39, 0.29) is 21.7 Å². The quantitative estimate of drug-likeness (QED) is 0.0512. The van der Waals surface area contributed by atoms with E-state index in [1.54, 1.807) is 73.7 Å². The molecule has 0 spiro atoms. The summed E-state index contributed by atoms with van der Waals surface area (Å²) in [5, 5.41) is 48.5. The highest BCUT2D eigenvalue weighted by Crippen LogP contribution is 2.38. The van der Waals surface area contributed by atoms with E-state index < -0.39 is 35.2 Å². The van der Waals surface area contributed by atoms with Crippen molar-refractivity contribution in [3.05, 3.63) is 280 Å². The van der Waals surface area contributed by atoms with Crippen molar-refractivity contribution in [1.29, 1.82) is 15.8 Å². The molecule has 0 saturated carbocycles. The van der Waals surface area contributed by atoms with Crippen LogP contribution < -0.4 is 21.7 Å². The highest BCUT2D eigenvalue weighted by molar-refractivity contribution is 7.80. The average molecular weight is 1210 g/mol. The number of anilines is 4. The van der Waals surface area contributed by atoms with Gasteiger partial charge in [0.25, 0.3) is 17.7 Å². The van der Waals surface area contributed by atoms with Crippen LogP contribution in [0.2, 0.25) is 15.1 Å². The summed E-state index contributed by atoms with van der Waals surface area (Å²) in [6, 6.07) is 58.3. The molecule has 0 aliphatic carbocycles. The summed E-state index contributed by atoms with van der Waals surface area (Å²) in [5.74, 6) is -4.33. The van der Waals surface area contributed by atoms with Crippen LogP contribution in [0.3, 0.4) is 0 Å². The topological polar surface area (TPSA) is 205 Å². The van der Waals surface area contributed by atoms with E-state index in [0.717, 1.165) is 56.1 Å². The first-order valence-corrected chi connectivity index (χ1v) is 28.0. The average Bonchev–Trinajstić information content (AvgIpc) is 2.55. The Labute approximate surface area is 519 Å². The summed E-state index contributed by atoms with van der Waals surface area (Å²) in [7, 11) is 0. The fourth-order valence-electron chi connectivity index (χ4n) is 9.06. The highest BCUT2D eigenvalue weighted by Gasteiger charge is 2.24. The third kappa shape index (κ3) is 15.6. The molecule has 16 heteroatoms. The molecule has 0 aromatic heterocycles. The van der Waals surface area contributed by atoms with Gasteiger partial charge in [-0.15, -0.1) is 12.6 Å². The molecule has 6 N–H and O–H groups in total. The van der Waals surface area contributed by atoms with Gasteiger partial charge in [0.2, 0.25) is 0 Å². The van der Waals surface area contributed by atoms with E-state index in [2.05, 4.69) is 46.8 Å². The number of amides is 3. The van der Waals surface area contributed by atoms with Crippen molar-refractivity contribution in [3.8, 4) is 24.0 Å².